The summed E-state index contributed by atoms with van der Waals surface area (Å²) in [6.07, 6.45) is 5.35. The molecule has 24 heavy (non-hydrogen) atoms. The number of halogens is 1. The van der Waals surface area contributed by atoms with Crippen LogP contribution in [0, 0.1) is 0 Å². The fraction of sp³-hybridized carbons (Fsp3) is 0.235. The lowest BCUT2D eigenvalue weighted by molar-refractivity contribution is 0.126. The number of anilines is 1. The number of carbonyl (C=O) groups excluding carboxylic acids is 1. The van der Waals surface area contributed by atoms with E-state index >= 15 is 0 Å². The Labute approximate surface area is 149 Å². The van der Waals surface area contributed by atoms with E-state index in [0.717, 1.165) is 4.31 Å². The summed E-state index contributed by atoms with van der Waals surface area (Å²) >= 11 is 3.33. The molecule has 2 atom stereocenters. The van der Waals surface area contributed by atoms with Gasteiger partial charge in [0.15, 0.2) is 0 Å². The molecule has 1 aromatic rings. The number of allylic oxidation sites excluding steroid dienone is 3. The summed E-state index contributed by atoms with van der Waals surface area (Å²) in [5.74, 6) is 0. The van der Waals surface area contributed by atoms with E-state index in [1.165, 1.54) is 6.08 Å². The number of sulfonamides is 1. The number of hydrogen-bond donors (Lipinski definition) is 0. The Morgan fingerprint density at radius 3 is 2.79 bits per heavy atom. The molecule has 3 rings (SSSR count). The van der Waals surface area contributed by atoms with Crippen LogP contribution < -0.4 is 4.31 Å². The van der Waals surface area contributed by atoms with Crippen LogP contribution in [0.25, 0.3) is 0 Å². The molecule has 0 fully saturated rings. The number of benzene rings is 1. The van der Waals surface area contributed by atoms with Crippen LogP contribution in [0.1, 0.15) is 25.0 Å². The van der Waals surface area contributed by atoms with Crippen molar-refractivity contribution in [2.24, 2.45) is 0 Å². The highest BCUT2D eigenvalue weighted by molar-refractivity contribution is 9.12. The van der Waals surface area contributed by atoms with Crippen LogP contribution in [0.4, 0.5) is 10.5 Å². The van der Waals surface area contributed by atoms with Crippen molar-refractivity contribution in [2.45, 2.75) is 24.2 Å². The maximum atomic E-state index is 13.3. The van der Waals surface area contributed by atoms with Crippen LogP contribution in [-0.4, -0.2) is 19.3 Å². The highest BCUT2D eigenvalue weighted by Crippen LogP contribution is 2.44. The van der Waals surface area contributed by atoms with Gasteiger partial charge in [0, 0.05) is 10.0 Å². The average molecular weight is 410 g/mol. The third-order valence-electron chi connectivity index (χ3n) is 4.27. The normalized spacial score (nSPS) is 26.4. The van der Waals surface area contributed by atoms with Crippen molar-refractivity contribution < 1.29 is 17.9 Å². The first kappa shape index (κ1) is 17.0. The van der Waals surface area contributed by atoms with Crippen molar-refractivity contribution in [3.8, 4) is 0 Å². The zero-order chi connectivity index (χ0) is 17.5. The van der Waals surface area contributed by atoms with Gasteiger partial charge in [-0.2, -0.15) is 4.31 Å². The summed E-state index contributed by atoms with van der Waals surface area (Å²) in [5.41, 5.74) is 0.889. The SMILES string of the molecule is C=CC1OC(=O)N(S(=O)(=O)C2(C)CC=CC=C2Br)c2ccccc21. The Hall–Kier alpha value is -1.86. The first-order valence-corrected chi connectivity index (χ1v) is 9.56. The molecule has 7 heteroatoms. The third kappa shape index (κ3) is 2.34. The van der Waals surface area contributed by atoms with E-state index in [2.05, 4.69) is 22.5 Å². The highest BCUT2D eigenvalue weighted by Gasteiger charge is 2.50. The molecule has 0 bridgehead atoms. The minimum absolute atomic E-state index is 0.253. The van der Waals surface area contributed by atoms with Crippen LogP contribution in [0.5, 0.6) is 0 Å². The first-order valence-electron chi connectivity index (χ1n) is 7.32. The molecule has 2 unspecified atom stereocenters. The molecule has 0 N–H and O–H groups in total. The van der Waals surface area contributed by atoms with Crippen LogP contribution in [0.15, 0.2) is 59.6 Å². The average Bonchev–Trinajstić information content (AvgIpc) is 2.56. The predicted molar refractivity (Wildman–Crippen MR) is 96.4 cm³/mol. The minimum Gasteiger partial charge on any atom is -0.436 e. The van der Waals surface area contributed by atoms with E-state index in [0.29, 0.717) is 15.7 Å². The molecule has 1 amide bonds. The fourth-order valence-corrected chi connectivity index (χ4v) is 5.40. The van der Waals surface area contributed by atoms with E-state index in [1.807, 2.05) is 0 Å². The monoisotopic (exact) mass is 409 g/mol. The molecule has 0 saturated carbocycles. The second-order valence-corrected chi connectivity index (χ2v) is 8.82. The number of carbonyl (C=O) groups is 1. The summed E-state index contributed by atoms with van der Waals surface area (Å²) in [5, 5.41) is 0. The van der Waals surface area contributed by atoms with Crippen molar-refractivity contribution in [3.63, 3.8) is 0 Å². The number of fused-ring (bicyclic) bond motifs is 1. The molecule has 126 valence electrons. The summed E-state index contributed by atoms with van der Waals surface area (Å²) < 4.78 is 31.9. The van der Waals surface area contributed by atoms with Crippen LogP contribution in [0.3, 0.4) is 0 Å². The van der Waals surface area contributed by atoms with Gasteiger partial charge < -0.3 is 4.74 Å². The Kier molecular flexibility index (Phi) is 4.17. The lowest BCUT2D eigenvalue weighted by Gasteiger charge is -2.38. The second kappa shape index (κ2) is 5.89. The van der Waals surface area contributed by atoms with Gasteiger partial charge in [0.1, 0.15) is 10.9 Å². The topological polar surface area (TPSA) is 63.7 Å². The van der Waals surface area contributed by atoms with E-state index in [-0.39, 0.29) is 6.42 Å². The van der Waals surface area contributed by atoms with Crippen molar-refractivity contribution in [1.82, 2.24) is 0 Å². The number of amides is 1. The Morgan fingerprint density at radius 1 is 1.42 bits per heavy atom. The van der Waals surface area contributed by atoms with Gasteiger partial charge in [-0.05, 0) is 25.5 Å². The molecule has 5 nitrogen and oxygen atoms in total. The van der Waals surface area contributed by atoms with Crippen LogP contribution in [-0.2, 0) is 14.8 Å². The number of nitrogens with zero attached hydrogens (tertiary/aromatic N) is 1. The smallest absolute Gasteiger partial charge is 0.429 e. The van der Waals surface area contributed by atoms with Gasteiger partial charge in [-0.25, -0.2) is 13.2 Å². The molecule has 0 aromatic heterocycles. The first-order chi connectivity index (χ1) is 11.3. The molecule has 0 saturated heterocycles. The van der Waals surface area contributed by atoms with Crippen molar-refractivity contribution in [3.05, 3.63) is 65.2 Å². The van der Waals surface area contributed by atoms with E-state index in [1.54, 1.807) is 49.4 Å². The van der Waals surface area contributed by atoms with E-state index < -0.39 is 27.0 Å². The lowest BCUT2D eigenvalue weighted by Crippen LogP contribution is -2.52. The van der Waals surface area contributed by atoms with Gasteiger partial charge in [-0.3, -0.25) is 0 Å². The number of ether oxygens (including phenoxy) is 1. The highest BCUT2D eigenvalue weighted by atomic mass is 79.9. The molecule has 1 heterocycles. The van der Waals surface area contributed by atoms with Gasteiger partial charge in [0.05, 0.1) is 5.69 Å². The van der Waals surface area contributed by atoms with Gasteiger partial charge in [-0.15, -0.1) is 0 Å². The molecule has 1 aliphatic carbocycles. The lowest BCUT2D eigenvalue weighted by atomic mass is 10.0. The van der Waals surface area contributed by atoms with Gasteiger partial charge in [0.2, 0.25) is 0 Å². The fourth-order valence-electron chi connectivity index (χ4n) is 2.78. The maximum Gasteiger partial charge on any atom is 0.429 e. The maximum absolute atomic E-state index is 13.3. The summed E-state index contributed by atoms with van der Waals surface area (Å²) in [6.45, 7) is 5.23. The van der Waals surface area contributed by atoms with E-state index in [9.17, 15) is 13.2 Å². The quantitative estimate of drug-likeness (QED) is 0.701. The van der Waals surface area contributed by atoms with Crippen LogP contribution >= 0.6 is 15.9 Å². The second-order valence-electron chi connectivity index (χ2n) is 5.75. The number of cyclic esters (lactones) is 1. The van der Waals surface area contributed by atoms with Gasteiger partial charge in [0.25, 0.3) is 10.0 Å². The Bertz CT molecular complexity index is 874. The zero-order valence-electron chi connectivity index (χ0n) is 13.0. The number of para-hydroxylation sites is 1. The molecular formula is C17H16BrNO4S. The molecule has 1 aliphatic heterocycles. The van der Waals surface area contributed by atoms with Gasteiger partial charge in [-0.1, -0.05) is 58.9 Å². The Balaban J connectivity index is 2.18. The summed E-state index contributed by atoms with van der Waals surface area (Å²) in [6, 6.07) is 6.78. The van der Waals surface area contributed by atoms with Crippen molar-refractivity contribution in [1.29, 1.82) is 0 Å². The number of hydrogen-bond acceptors (Lipinski definition) is 4. The molecule has 2 aliphatic rings. The van der Waals surface area contributed by atoms with Crippen molar-refractivity contribution >= 4 is 37.7 Å². The largest absolute Gasteiger partial charge is 0.436 e. The summed E-state index contributed by atoms with van der Waals surface area (Å²) in [7, 11) is -4.07. The molecular weight excluding hydrogens is 394 g/mol. The van der Waals surface area contributed by atoms with Crippen molar-refractivity contribution in [2.75, 3.05) is 4.31 Å². The predicted octanol–water partition coefficient (Wildman–Crippen LogP) is 4.20. The molecule has 1 aromatic carbocycles. The van der Waals surface area contributed by atoms with Gasteiger partial charge >= 0.3 is 6.09 Å². The van der Waals surface area contributed by atoms with Crippen LogP contribution in [0.2, 0.25) is 0 Å². The molecule has 0 radical (unpaired) electrons. The third-order valence-corrected chi connectivity index (χ3v) is 8.02. The zero-order valence-corrected chi connectivity index (χ0v) is 15.4. The Morgan fingerprint density at radius 2 is 2.12 bits per heavy atom. The number of rotatable bonds is 3. The standard InChI is InChI=1S/C17H16BrNO4S/c1-3-14-12-8-4-5-9-13(12)19(16(20)23-14)24(21,22)17(2)11-7-6-10-15(17)18/h3-10,14H,1,11H2,2H3. The summed E-state index contributed by atoms with van der Waals surface area (Å²) in [4.78, 5) is 12.5. The minimum atomic E-state index is -4.07. The van der Waals surface area contributed by atoms with E-state index in [4.69, 9.17) is 4.74 Å². The molecule has 0 spiro atoms.